The van der Waals surface area contributed by atoms with Crippen molar-refractivity contribution < 1.29 is 23.9 Å². The summed E-state index contributed by atoms with van der Waals surface area (Å²) >= 11 is 1.31. The van der Waals surface area contributed by atoms with Gasteiger partial charge in [-0.1, -0.05) is 32.0 Å². The lowest BCUT2D eigenvalue weighted by Crippen LogP contribution is -2.44. The molecule has 0 unspecified atom stereocenters. The molecule has 0 fully saturated rings. The van der Waals surface area contributed by atoms with Crippen molar-refractivity contribution >= 4 is 39.3 Å². The third-order valence-electron chi connectivity index (χ3n) is 3.49. The summed E-state index contributed by atoms with van der Waals surface area (Å²) in [6.45, 7) is 3.42. The molecule has 7 heteroatoms. The predicted molar refractivity (Wildman–Crippen MR) is 95.5 cm³/mol. The van der Waals surface area contributed by atoms with Crippen LogP contribution in [0.5, 0.6) is 0 Å². The van der Waals surface area contributed by atoms with Crippen molar-refractivity contribution in [3.63, 3.8) is 0 Å². The van der Waals surface area contributed by atoms with Crippen LogP contribution in [-0.4, -0.2) is 37.6 Å². The molecule has 0 aliphatic carbocycles. The van der Waals surface area contributed by atoms with E-state index in [9.17, 15) is 14.4 Å². The van der Waals surface area contributed by atoms with Gasteiger partial charge in [0.1, 0.15) is 10.9 Å². The number of ether oxygens (including phenoxy) is 2. The average Bonchev–Trinajstić information content (AvgIpc) is 3.02. The number of carbonyl (C=O) groups excluding carboxylic acids is 3. The molecule has 2 aromatic rings. The Morgan fingerprint density at radius 2 is 1.92 bits per heavy atom. The van der Waals surface area contributed by atoms with Gasteiger partial charge >= 0.3 is 11.9 Å². The van der Waals surface area contributed by atoms with Gasteiger partial charge in [0.2, 0.25) is 0 Å². The highest BCUT2D eigenvalue weighted by molar-refractivity contribution is 7.20. The number of thiophene rings is 1. The summed E-state index contributed by atoms with van der Waals surface area (Å²) in [4.78, 5) is 36.2. The number of methoxy groups -OCH3 is 1. The Kier molecular flexibility index (Phi) is 6.52. The molecule has 1 atom stereocenters. The van der Waals surface area contributed by atoms with Crippen molar-refractivity contribution in [1.29, 1.82) is 0 Å². The van der Waals surface area contributed by atoms with Crippen LogP contribution in [0.3, 0.4) is 0 Å². The van der Waals surface area contributed by atoms with Gasteiger partial charge < -0.3 is 14.8 Å². The minimum Gasteiger partial charge on any atom is -0.467 e. The van der Waals surface area contributed by atoms with E-state index in [1.54, 1.807) is 6.07 Å². The lowest BCUT2D eigenvalue weighted by Gasteiger charge is -2.18. The average molecular weight is 363 g/mol. The Morgan fingerprint density at radius 1 is 1.20 bits per heavy atom. The largest absolute Gasteiger partial charge is 0.467 e. The zero-order valence-electron chi connectivity index (χ0n) is 14.4. The molecule has 6 nitrogen and oxygen atoms in total. The quantitative estimate of drug-likeness (QED) is 0.765. The van der Waals surface area contributed by atoms with Gasteiger partial charge in [-0.05, 0) is 29.9 Å². The fourth-order valence-electron chi connectivity index (χ4n) is 2.35. The predicted octanol–water partition coefficient (Wildman–Crippen LogP) is 2.76. The van der Waals surface area contributed by atoms with E-state index < -0.39 is 30.5 Å². The standard InChI is InChI=1S/C18H21NO5S/c1-11(2)8-13(17(21)23-3)19-16(20)10-24-18(22)15-9-12-6-4-5-7-14(12)25-15/h4-7,9,11,13H,8,10H2,1-3H3,(H,19,20)/t13-/m1/s1. The molecule has 0 aliphatic rings. The van der Waals surface area contributed by atoms with E-state index in [0.717, 1.165) is 10.1 Å². The second kappa shape index (κ2) is 8.62. The molecule has 1 N–H and O–H groups in total. The van der Waals surface area contributed by atoms with Gasteiger partial charge in [-0.2, -0.15) is 0 Å². The lowest BCUT2D eigenvalue weighted by molar-refractivity contribution is -0.145. The lowest BCUT2D eigenvalue weighted by atomic mass is 10.0. The Hall–Kier alpha value is -2.41. The first kappa shape index (κ1) is 18.9. The molecule has 0 radical (unpaired) electrons. The summed E-state index contributed by atoms with van der Waals surface area (Å²) in [5, 5.41) is 3.50. The fraction of sp³-hybridized carbons (Fsp3) is 0.389. The van der Waals surface area contributed by atoms with Gasteiger partial charge in [-0.25, -0.2) is 9.59 Å². The van der Waals surface area contributed by atoms with Crippen LogP contribution in [0.15, 0.2) is 30.3 Å². The summed E-state index contributed by atoms with van der Waals surface area (Å²) in [5.41, 5.74) is 0. The third kappa shape index (κ3) is 5.29. The number of hydrogen-bond acceptors (Lipinski definition) is 6. The number of esters is 2. The minimum atomic E-state index is -0.750. The molecule has 0 bridgehead atoms. The van der Waals surface area contributed by atoms with E-state index in [0.29, 0.717) is 11.3 Å². The van der Waals surface area contributed by atoms with E-state index >= 15 is 0 Å². The molecule has 134 valence electrons. The summed E-state index contributed by atoms with van der Waals surface area (Å²) in [5.74, 6) is -1.41. The first-order valence-corrected chi connectivity index (χ1v) is 8.75. The first-order valence-electron chi connectivity index (χ1n) is 7.93. The topological polar surface area (TPSA) is 81.7 Å². The van der Waals surface area contributed by atoms with Crippen molar-refractivity contribution in [2.75, 3.05) is 13.7 Å². The van der Waals surface area contributed by atoms with Gasteiger partial charge in [0.25, 0.3) is 5.91 Å². The highest BCUT2D eigenvalue weighted by atomic mass is 32.1. The van der Waals surface area contributed by atoms with Crippen LogP contribution in [0.2, 0.25) is 0 Å². The van der Waals surface area contributed by atoms with E-state index in [1.165, 1.54) is 18.4 Å². The zero-order chi connectivity index (χ0) is 18.4. The molecule has 1 heterocycles. The van der Waals surface area contributed by atoms with Crippen molar-refractivity contribution in [2.45, 2.75) is 26.3 Å². The van der Waals surface area contributed by atoms with Crippen LogP contribution in [0.4, 0.5) is 0 Å². The van der Waals surface area contributed by atoms with Crippen LogP contribution < -0.4 is 5.32 Å². The Labute approximate surface area is 150 Å². The molecular formula is C18H21NO5S. The minimum absolute atomic E-state index is 0.200. The second-order valence-corrected chi connectivity index (χ2v) is 7.08. The zero-order valence-corrected chi connectivity index (χ0v) is 15.2. The molecule has 1 aromatic carbocycles. The molecular weight excluding hydrogens is 342 g/mol. The van der Waals surface area contributed by atoms with Crippen molar-refractivity contribution in [3.8, 4) is 0 Å². The number of fused-ring (bicyclic) bond motifs is 1. The maximum atomic E-state index is 12.1. The van der Waals surface area contributed by atoms with E-state index in [4.69, 9.17) is 4.74 Å². The van der Waals surface area contributed by atoms with Crippen LogP contribution in [-0.2, 0) is 19.1 Å². The van der Waals surface area contributed by atoms with Crippen LogP contribution >= 0.6 is 11.3 Å². The molecule has 0 saturated heterocycles. The monoisotopic (exact) mass is 363 g/mol. The Bertz CT molecular complexity index is 735. The maximum Gasteiger partial charge on any atom is 0.348 e. The summed E-state index contributed by atoms with van der Waals surface area (Å²) in [7, 11) is 1.27. The smallest absolute Gasteiger partial charge is 0.348 e. The number of nitrogens with one attached hydrogen (secondary N) is 1. The van der Waals surface area contributed by atoms with E-state index in [2.05, 4.69) is 10.1 Å². The third-order valence-corrected chi connectivity index (χ3v) is 4.59. The number of rotatable bonds is 7. The van der Waals surface area contributed by atoms with Gasteiger partial charge in [0.05, 0.1) is 7.11 Å². The van der Waals surface area contributed by atoms with E-state index in [1.807, 2.05) is 38.1 Å². The Balaban J connectivity index is 1.91. The van der Waals surface area contributed by atoms with Crippen LogP contribution in [0, 0.1) is 5.92 Å². The fourth-order valence-corrected chi connectivity index (χ4v) is 3.30. The molecule has 25 heavy (non-hydrogen) atoms. The number of carbonyl (C=O) groups is 3. The number of benzene rings is 1. The summed E-state index contributed by atoms with van der Waals surface area (Å²) < 4.78 is 10.7. The van der Waals surface area contributed by atoms with Crippen LogP contribution in [0.25, 0.3) is 10.1 Å². The van der Waals surface area contributed by atoms with Gasteiger partial charge in [-0.15, -0.1) is 11.3 Å². The molecule has 0 spiro atoms. The highest BCUT2D eigenvalue weighted by Crippen LogP contribution is 2.25. The van der Waals surface area contributed by atoms with Gasteiger partial charge in [0.15, 0.2) is 6.61 Å². The van der Waals surface area contributed by atoms with Gasteiger partial charge in [-0.3, -0.25) is 4.79 Å². The summed E-state index contributed by atoms with van der Waals surface area (Å²) in [6.07, 6.45) is 0.447. The van der Waals surface area contributed by atoms with Gasteiger partial charge in [0, 0.05) is 4.70 Å². The highest BCUT2D eigenvalue weighted by Gasteiger charge is 2.23. The second-order valence-electron chi connectivity index (χ2n) is 6.00. The van der Waals surface area contributed by atoms with Crippen molar-refractivity contribution in [2.24, 2.45) is 5.92 Å². The normalized spacial score (nSPS) is 12.0. The first-order chi connectivity index (χ1) is 11.9. The number of amides is 1. The van der Waals surface area contributed by atoms with Crippen molar-refractivity contribution in [3.05, 3.63) is 35.2 Å². The molecule has 2 rings (SSSR count). The van der Waals surface area contributed by atoms with Crippen LogP contribution in [0.1, 0.15) is 29.9 Å². The Morgan fingerprint density at radius 3 is 2.56 bits per heavy atom. The number of hydrogen-bond donors (Lipinski definition) is 1. The SMILES string of the molecule is COC(=O)[C@@H](CC(C)C)NC(=O)COC(=O)c1cc2ccccc2s1. The molecule has 0 aliphatic heterocycles. The molecule has 1 amide bonds. The summed E-state index contributed by atoms with van der Waals surface area (Å²) in [6, 6.07) is 8.58. The maximum absolute atomic E-state index is 12.1. The molecule has 0 saturated carbocycles. The van der Waals surface area contributed by atoms with E-state index in [-0.39, 0.29) is 5.92 Å². The van der Waals surface area contributed by atoms with Crippen molar-refractivity contribution in [1.82, 2.24) is 5.32 Å². The molecule has 1 aromatic heterocycles.